The van der Waals surface area contributed by atoms with Gasteiger partial charge in [-0.2, -0.15) is 0 Å². The van der Waals surface area contributed by atoms with Gasteiger partial charge in [-0.3, -0.25) is 9.71 Å². The molecule has 8 nitrogen and oxygen atoms in total. The maximum atomic E-state index is 12.7. The van der Waals surface area contributed by atoms with Crippen LogP contribution in [0.2, 0.25) is 0 Å². The number of hydrogen-bond donors (Lipinski definition) is 2. The molecule has 9 heteroatoms. The van der Waals surface area contributed by atoms with Crippen LogP contribution < -0.4 is 14.9 Å². The van der Waals surface area contributed by atoms with E-state index in [0.29, 0.717) is 17.3 Å². The molecule has 4 rings (SSSR count). The zero-order valence-electron chi connectivity index (χ0n) is 17.6. The third-order valence-corrected chi connectivity index (χ3v) is 6.07. The number of sulfonamides is 1. The van der Waals surface area contributed by atoms with Gasteiger partial charge in [-0.1, -0.05) is 0 Å². The highest BCUT2D eigenvalue weighted by Gasteiger charge is 2.14. The van der Waals surface area contributed by atoms with Crippen LogP contribution in [0.3, 0.4) is 0 Å². The Morgan fingerprint density at radius 1 is 0.844 bits per heavy atom. The molecule has 2 aromatic heterocycles. The third-order valence-electron chi connectivity index (χ3n) is 4.67. The van der Waals surface area contributed by atoms with Gasteiger partial charge in [-0.15, -0.1) is 0 Å². The first-order chi connectivity index (χ1) is 15.4. The monoisotopic (exact) mass is 446 g/mol. The van der Waals surface area contributed by atoms with Crippen LogP contribution in [0.4, 0.5) is 23.0 Å². The van der Waals surface area contributed by atoms with Gasteiger partial charge >= 0.3 is 0 Å². The summed E-state index contributed by atoms with van der Waals surface area (Å²) in [4.78, 5) is 14.9. The summed E-state index contributed by atoms with van der Waals surface area (Å²) in [7, 11) is 0.143. The van der Waals surface area contributed by atoms with Crippen LogP contribution in [0, 0.1) is 0 Å². The van der Waals surface area contributed by atoms with Gasteiger partial charge in [0.05, 0.1) is 10.6 Å². The summed E-state index contributed by atoms with van der Waals surface area (Å²) in [6.07, 6.45) is 5.09. The fraction of sp³-hybridized carbons (Fsp3) is 0.0870. The number of pyridine rings is 1. The molecule has 0 saturated heterocycles. The van der Waals surface area contributed by atoms with Crippen molar-refractivity contribution in [3.63, 3.8) is 0 Å². The van der Waals surface area contributed by atoms with E-state index in [9.17, 15) is 8.42 Å². The van der Waals surface area contributed by atoms with Crippen LogP contribution in [0.25, 0.3) is 11.3 Å². The summed E-state index contributed by atoms with van der Waals surface area (Å²) in [6.45, 7) is 0. The maximum Gasteiger partial charge on any atom is 0.261 e. The first-order valence-electron chi connectivity index (χ1n) is 9.81. The second kappa shape index (κ2) is 9.03. The molecule has 0 saturated carbocycles. The predicted molar refractivity (Wildman–Crippen MR) is 127 cm³/mol. The highest BCUT2D eigenvalue weighted by molar-refractivity contribution is 7.92. The van der Waals surface area contributed by atoms with Crippen molar-refractivity contribution in [2.24, 2.45) is 0 Å². The van der Waals surface area contributed by atoms with E-state index in [1.54, 1.807) is 48.9 Å². The standard InChI is InChI=1S/C23H22N6O2S/c1-29(2)20-9-5-19(6-10-20)28-32(30,31)21-11-7-18(8-12-21)26-23-25-15-13-22(27-23)17-4-3-14-24-16-17/h3-16,28H,1-2H3,(H,25,26,27). The zero-order valence-corrected chi connectivity index (χ0v) is 18.4. The first-order valence-corrected chi connectivity index (χ1v) is 11.3. The topological polar surface area (TPSA) is 100 Å². The Bertz CT molecular complexity index is 1290. The van der Waals surface area contributed by atoms with Crippen molar-refractivity contribution in [1.82, 2.24) is 15.0 Å². The minimum atomic E-state index is -3.71. The van der Waals surface area contributed by atoms with Gasteiger partial charge in [0.2, 0.25) is 5.95 Å². The number of hydrogen-bond acceptors (Lipinski definition) is 7. The Morgan fingerprint density at radius 2 is 1.56 bits per heavy atom. The molecule has 0 amide bonds. The molecular formula is C23H22N6O2S. The van der Waals surface area contributed by atoms with Gasteiger partial charge in [-0.05, 0) is 66.7 Å². The van der Waals surface area contributed by atoms with Crippen molar-refractivity contribution in [1.29, 1.82) is 0 Å². The lowest BCUT2D eigenvalue weighted by Crippen LogP contribution is -2.13. The molecule has 0 unspecified atom stereocenters. The molecule has 0 aliphatic rings. The summed E-state index contributed by atoms with van der Waals surface area (Å²) < 4.78 is 28.0. The van der Waals surface area contributed by atoms with Crippen LogP contribution in [-0.4, -0.2) is 37.5 Å². The molecule has 0 fully saturated rings. The van der Waals surface area contributed by atoms with Gasteiger partial charge in [0.1, 0.15) is 0 Å². The molecule has 4 aromatic rings. The highest BCUT2D eigenvalue weighted by atomic mass is 32.2. The lowest BCUT2D eigenvalue weighted by atomic mass is 10.2. The average Bonchev–Trinajstić information content (AvgIpc) is 2.80. The summed E-state index contributed by atoms with van der Waals surface area (Å²) in [5, 5.41) is 3.10. The van der Waals surface area contributed by atoms with E-state index in [4.69, 9.17) is 0 Å². The maximum absolute atomic E-state index is 12.7. The van der Waals surface area contributed by atoms with Crippen molar-refractivity contribution in [2.75, 3.05) is 29.0 Å². The van der Waals surface area contributed by atoms with Crippen molar-refractivity contribution in [2.45, 2.75) is 4.90 Å². The Kier molecular flexibility index (Phi) is 6.00. The van der Waals surface area contributed by atoms with Crippen LogP contribution in [0.15, 0.2) is 90.2 Å². The van der Waals surface area contributed by atoms with Crippen LogP contribution in [0.5, 0.6) is 0 Å². The van der Waals surface area contributed by atoms with Crippen molar-refractivity contribution < 1.29 is 8.42 Å². The van der Waals surface area contributed by atoms with E-state index in [1.807, 2.05) is 43.3 Å². The minimum Gasteiger partial charge on any atom is -0.378 e. The summed E-state index contributed by atoms with van der Waals surface area (Å²) in [6, 6.07) is 19.1. The zero-order chi connectivity index (χ0) is 22.6. The average molecular weight is 447 g/mol. The van der Waals surface area contributed by atoms with E-state index in [1.165, 1.54) is 12.1 Å². The SMILES string of the molecule is CN(C)c1ccc(NS(=O)(=O)c2ccc(Nc3nccc(-c4cccnc4)n3)cc2)cc1. The van der Waals surface area contributed by atoms with Gasteiger partial charge in [0.15, 0.2) is 0 Å². The summed E-state index contributed by atoms with van der Waals surface area (Å²) in [5.41, 5.74) is 3.77. The molecule has 162 valence electrons. The number of aromatic nitrogens is 3. The Balaban J connectivity index is 1.47. The second-order valence-corrected chi connectivity index (χ2v) is 8.89. The molecule has 0 aliphatic heterocycles. The van der Waals surface area contributed by atoms with Gasteiger partial charge in [-0.25, -0.2) is 18.4 Å². The van der Waals surface area contributed by atoms with Crippen molar-refractivity contribution in [3.8, 4) is 11.3 Å². The van der Waals surface area contributed by atoms with E-state index >= 15 is 0 Å². The lowest BCUT2D eigenvalue weighted by molar-refractivity contribution is 0.601. The fourth-order valence-corrected chi connectivity index (χ4v) is 4.04. The molecule has 0 aliphatic carbocycles. The van der Waals surface area contributed by atoms with Crippen LogP contribution in [-0.2, 0) is 10.0 Å². The first kappa shape index (κ1) is 21.3. The molecule has 0 radical (unpaired) electrons. The lowest BCUT2D eigenvalue weighted by Gasteiger charge is -2.14. The molecule has 0 atom stereocenters. The number of rotatable bonds is 7. The predicted octanol–water partition coefficient (Wildman–Crippen LogP) is 4.15. The van der Waals surface area contributed by atoms with E-state index in [-0.39, 0.29) is 4.90 Å². The molecule has 2 N–H and O–H groups in total. The number of nitrogens with zero attached hydrogens (tertiary/aromatic N) is 4. The van der Waals surface area contributed by atoms with E-state index < -0.39 is 10.0 Å². The molecule has 2 heterocycles. The van der Waals surface area contributed by atoms with Crippen molar-refractivity contribution in [3.05, 3.63) is 85.3 Å². The summed E-state index contributed by atoms with van der Waals surface area (Å²) in [5.74, 6) is 0.404. The number of nitrogens with one attached hydrogen (secondary N) is 2. The molecule has 0 spiro atoms. The number of anilines is 4. The Morgan fingerprint density at radius 3 is 2.22 bits per heavy atom. The smallest absolute Gasteiger partial charge is 0.261 e. The quantitative estimate of drug-likeness (QED) is 0.440. The molecule has 0 bridgehead atoms. The second-order valence-electron chi connectivity index (χ2n) is 7.20. The Hall–Kier alpha value is -3.98. The van der Waals surface area contributed by atoms with Crippen LogP contribution in [0.1, 0.15) is 0 Å². The Labute approximate surface area is 187 Å². The van der Waals surface area contributed by atoms with Gasteiger partial charge in [0.25, 0.3) is 10.0 Å². The number of benzene rings is 2. The van der Waals surface area contributed by atoms with E-state index in [0.717, 1.165) is 16.9 Å². The third kappa shape index (κ3) is 5.01. The van der Waals surface area contributed by atoms with E-state index in [2.05, 4.69) is 25.0 Å². The normalized spacial score (nSPS) is 11.1. The largest absolute Gasteiger partial charge is 0.378 e. The van der Waals surface area contributed by atoms with Crippen LogP contribution >= 0.6 is 0 Å². The fourth-order valence-electron chi connectivity index (χ4n) is 2.98. The molecular weight excluding hydrogens is 424 g/mol. The van der Waals surface area contributed by atoms with Crippen molar-refractivity contribution >= 4 is 33.0 Å². The molecule has 2 aromatic carbocycles. The van der Waals surface area contributed by atoms with Gasteiger partial charge < -0.3 is 10.2 Å². The minimum absolute atomic E-state index is 0.157. The van der Waals surface area contributed by atoms with Gasteiger partial charge in [0, 0.05) is 55.3 Å². The summed E-state index contributed by atoms with van der Waals surface area (Å²) >= 11 is 0. The highest BCUT2D eigenvalue weighted by Crippen LogP contribution is 2.22. The molecule has 32 heavy (non-hydrogen) atoms.